The van der Waals surface area contributed by atoms with E-state index in [1.54, 1.807) is 19.1 Å². The van der Waals surface area contributed by atoms with Crippen molar-refractivity contribution in [3.8, 4) is 5.75 Å². The van der Waals surface area contributed by atoms with Crippen LogP contribution in [0.15, 0.2) is 18.2 Å². The molecule has 2 atom stereocenters. The molecule has 0 saturated carbocycles. The molecule has 0 aromatic heterocycles. The molecular formula is C15H18Cl2N2O4. The van der Waals surface area contributed by atoms with E-state index >= 15 is 0 Å². The van der Waals surface area contributed by atoms with Gasteiger partial charge < -0.3 is 15.2 Å². The molecule has 6 nitrogen and oxygen atoms in total. The van der Waals surface area contributed by atoms with Crippen LogP contribution in [0.2, 0.25) is 10.0 Å². The van der Waals surface area contributed by atoms with Gasteiger partial charge in [0.1, 0.15) is 24.0 Å². The molecule has 0 radical (unpaired) electrons. The van der Waals surface area contributed by atoms with Gasteiger partial charge in [0.25, 0.3) is 5.91 Å². The lowest BCUT2D eigenvalue weighted by Gasteiger charge is -2.21. The van der Waals surface area contributed by atoms with Gasteiger partial charge in [0.05, 0.1) is 11.6 Å². The van der Waals surface area contributed by atoms with Crippen molar-refractivity contribution in [2.24, 2.45) is 0 Å². The standard InChI is InChI=1S/C15H18Cl2N2O4/c1-3-15(2)13(21)19(14(22)18-15)7-10(20)8-23-12-5-4-9(16)6-11(12)17/h4-6,10,20H,3,7-8H2,1-2H3,(H,18,22)/t10-,15-/m0/s1. The first-order valence-electron chi connectivity index (χ1n) is 7.17. The lowest BCUT2D eigenvalue weighted by molar-refractivity contribution is -0.132. The number of ether oxygens (including phenoxy) is 1. The van der Waals surface area contributed by atoms with Gasteiger partial charge in [0.15, 0.2) is 0 Å². The Kier molecular flexibility index (Phi) is 5.39. The van der Waals surface area contributed by atoms with Crippen molar-refractivity contribution in [3.05, 3.63) is 28.2 Å². The van der Waals surface area contributed by atoms with E-state index in [9.17, 15) is 14.7 Å². The maximum absolute atomic E-state index is 12.2. The molecule has 0 unspecified atom stereocenters. The molecule has 2 N–H and O–H groups in total. The number of aliphatic hydroxyl groups is 1. The summed E-state index contributed by atoms with van der Waals surface area (Å²) in [6.07, 6.45) is -0.559. The van der Waals surface area contributed by atoms with Crippen LogP contribution in [0.5, 0.6) is 5.75 Å². The van der Waals surface area contributed by atoms with Crippen LogP contribution in [0.3, 0.4) is 0 Å². The topological polar surface area (TPSA) is 78.9 Å². The van der Waals surface area contributed by atoms with Crippen LogP contribution in [-0.2, 0) is 4.79 Å². The molecule has 1 fully saturated rings. The normalized spacial score (nSPS) is 22.2. The molecule has 1 aliphatic heterocycles. The Labute approximate surface area is 144 Å². The number of halogens is 2. The Morgan fingerprint density at radius 2 is 2.09 bits per heavy atom. The molecule has 2 rings (SSSR count). The smallest absolute Gasteiger partial charge is 0.325 e. The average molecular weight is 361 g/mol. The number of amides is 3. The average Bonchev–Trinajstić information content (AvgIpc) is 2.70. The van der Waals surface area contributed by atoms with Gasteiger partial charge in [-0.15, -0.1) is 0 Å². The Morgan fingerprint density at radius 3 is 2.65 bits per heavy atom. The van der Waals surface area contributed by atoms with Crippen LogP contribution in [0.25, 0.3) is 0 Å². The molecule has 1 saturated heterocycles. The molecule has 1 heterocycles. The number of nitrogens with zero attached hydrogens (tertiary/aromatic N) is 1. The monoisotopic (exact) mass is 360 g/mol. The summed E-state index contributed by atoms with van der Waals surface area (Å²) in [6.45, 7) is 3.21. The van der Waals surface area contributed by atoms with Crippen molar-refractivity contribution >= 4 is 35.1 Å². The minimum absolute atomic E-state index is 0.110. The minimum atomic E-state index is -1.03. The highest BCUT2D eigenvalue weighted by Gasteiger charge is 2.46. The van der Waals surface area contributed by atoms with E-state index in [0.717, 1.165) is 4.90 Å². The van der Waals surface area contributed by atoms with Crippen molar-refractivity contribution in [1.29, 1.82) is 0 Å². The third-order valence-electron chi connectivity index (χ3n) is 3.77. The minimum Gasteiger partial charge on any atom is -0.489 e. The summed E-state index contributed by atoms with van der Waals surface area (Å²) in [5, 5.41) is 13.4. The fourth-order valence-corrected chi connectivity index (χ4v) is 2.66. The fraction of sp³-hybridized carbons (Fsp3) is 0.467. The second-order valence-electron chi connectivity index (χ2n) is 5.57. The number of hydrogen-bond donors (Lipinski definition) is 2. The molecule has 0 bridgehead atoms. The second-order valence-corrected chi connectivity index (χ2v) is 6.41. The van der Waals surface area contributed by atoms with Gasteiger partial charge in [-0.2, -0.15) is 0 Å². The van der Waals surface area contributed by atoms with Crippen LogP contribution in [0, 0.1) is 0 Å². The molecule has 0 aliphatic carbocycles. The lowest BCUT2D eigenvalue weighted by Crippen LogP contribution is -2.44. The first-order chi connectivity index (χ1) is 10.8. The van der Waals surface area contributed by atoms with Crippen LogP contribution in [-0.4, -0.2) is 46.7 Å². The van der Waals surface area contributed by atoms with E-state index in [1.807, 2.05) is 6.92 Å². The zero-order chi connectivity index (χ0) is 17.2. The molecule has 8 heteroatoms. The van der Waals surface area contributed by atoms with E-state index in [1.165, 1.54) is 6.07 Å². The highest BCUT2D eigenvalue weighted by atomic mass is 35.5. The van der Waals surface area contributed by atoms with Gasteiger partial charge in [-0.25, -0.2) is 4.79 Å². The largest absolute Gasteiger partial charge is 0.489 e. The molecule has 23 heavy (non-hydrogen) atoms. The van der Waals surface area contributed by atoms with E-state index in [2.05, 4.69) is 5.32 Å². The predicted octanol–water partition coefficient (Wildman–Crippen LogP) is 2.45. The van der Waals surface area contributed by atoms with Crippen molar-refractivity contribution < 1.29 is 19.4 Å². The number of rotatable bonds is 6. The van der Waals surface area contributed by atoms with Crippen LogP contribution >= 0.6 is 23.2 Å². The van der Waals surface area contributed by atoms with Gasteiger partial charge in [-0.1, -0.05) is 30.1 Å². The molecule has 0 spiro atoms. The van der Waals surface area contributed by atoms with Crippen LogP contribution in [0.1, 0.15) is 20.3 Å². The lowest BCUT2D eigenvalue weighted by atomic mass is 9.99. The predicted molar refractivity (Wildman–Crippen MR) is 86.9 cm³/mol. The number of benzene rings is 1. The summed E-state index contributed by atoms with van der Waals surface area (Å²) >= 11 is 11.8. The molecule has 3 amide bonds. The summed E-state index contributed by atoms with van der Waals surface area (Å²) in [7, 11) is 0. The summed E-state index contributed by atoms with van der Waals surface area (Å²) in [5.41, 5.74) is -0.919. The third kappa shape index (κ3) is 3.88. The van der Waals surface area contributed by atoms with Crippen LogP contribution in [0.4, 0.5) is 4.79 Å². The van der Waals surface area contributed by atoms with E-state index in [0.29, 0.717) is 22.2 Å². The number of carbonyl (C=O) groups is 2. The molecule has 1 aromatic carbocycles. The fourth-order valence-electron chi connectivity index (χ4n) is 2.19. The second kappa shape index (κ2) is 6.95. The van der Waals surface area contributed by atoms with Gasteiger partial charge in [0, 0.05) is 5.02 Å². The third-order valence-corrected chi connectivity index (χ3v) is 4.30. The number of hydrogen-bond acceptors (Lipinski definition) is 4. The number of carbonyl (C=O) groups excluding carboxylic acids is 2. The summed E-state index contributed by atoms with van der Waals surface area (Å²) in [5.74, 6) is 0.0132. The Morgan fingerprint density at radius 1 is 1.39 bits per heavy atom. The van der Waals surface area contributed by atoms with Gasteiger partial charge in [-0.3, -0.25) is 9.69 Å². The zero-order valence-electron chi connectivity index (χ0n) is 12.8. The Bertz CT molecular complexity index is 625. The highest BCUT2D eigenvalue weighted by Crippen LogP contribution is 2.27. The van der Waals surface area contributed by atoms with E-state index in [-0.39, 0.29) is 19.1 Å². The summed E-state index contributed by atoms with van der Waals surface area (Å²) < 4.78 is 5.40. The van der Waals surface area contributed by atoms with Gasteiger partial charge in [-0.05, 0) is 31.5 Å². The SMILES string of the molecule is CC[C@]1(C)NC(=O)N(C[C@H](O)COc2ccc(Cl)cc2Cl)C1=O. The highest BCUT2D eigenvalue weighted by molar-refractivity contribution is 6.35. The quantitative estimate of drug-likeness (QED) is 0.763. The number of aliphatic hydroxyl groups excluding tert-OH is 1. The molecule has 1 aromatic rings. The van der Waals surface area contributed by atoms with Crippen molar-refractivity contribution in [2.45, 2.75) is 31.9 Å². The first-order valence-corrected chi connectivity index (χ1v) is 7.92. The number of imide groups is 1. The number of urea groups is 1. The zero-order valence-corrected chi connectivity index (χ0v) is 14.3. The van der Waals surface area contributed by atoms with Gasteiger partial charge in [0.2, 0.25) is 0 Å². The number of nitrogens with one attached hydrogen (secondary N) is 1. The Balaban J connectivity index is 1.93. The maximum atomic E-state index is 12.2. The number of β-amino-alcohol motifs (C(OH)–C–C–N with tert-alkyl or cyclic N) is 1. The van der Waals surface area contributed by atoms with Crippen LogP contribution < -0.4 is 10.1 Å². The molecular weight excluding hydrogens is 343 g/mol. The van der Waals surface area contributed by atoms with Gasteiger partial charge >= 0.3 is 6.03 Å². The first kappa shape index (κ1) is 17.8. The summed E-state index contributed by atoms with van der Waals surface area (Å²) in [4.78, 5) is 25.1. The van der Waals surface area contributed by atoms with Crippen molar-refractivity contribution in [1.82, 2.24) is 10.2 Å². The molecule has 1 aliphatic rings. The molecule has 126 valence electrons. The van der Waals surface area contributed by atoms with Crippen molar-refractivity contribution in [3.63, 3.8) is 0 Å². The maximum Gasteiger partial charge on any atom is 0.325 e. The van der Waals surface area contributed by atoms with Crippen molar-refractivity contribution in [2.75, 3.05) is 13.2 Å². The Hall–Kier alpha value is -1.50. The summed E-state index contributed by atoms with van der Waals surface area (Å²) in [6, 6.07) is 4.20. The van der Waals surface area contributed by atoms with E-state index in [4.69, 9.17) is 27.9 Å². The van der Waals surface area contributed by atoms with E-state index < -0.39 is 17.7 Å².